The molecule has 0 radical (unpaired) electrons. The third-order valence-corrected chi connectivity index (χ3v) is 3.69. The van der Waals surface area contributed by atoms with E-state index in [-0.39, 0.29) is 11.5 Å². The molecule has 0 spiro atoms. The zero-order chi connectivity index (χ0) is 14.5. The van der Waals surface area contributed by atoms with Crippen molar-refractivity contribution < 1.29 is 18.3 Å². The molecule has 114 valence electrons. The van der Waals surface area contributed by atoms with E-state index in [9.17, 15) is 8.78 Å². The lowest BCUT2D eigenvalue weighted by Crippen LogP contribution is -2.61. The third-order valence-electron chi connectivity index (χ3n) is 3.69. The van der Waals surface area contributed by atoms with Crippen molar-refractivity contribution in [1.29, 1.82) is 0 Å². The predicted molar refractivity (Wildman–Crippen MR) is 71.6 cm³/mol. The number of rotatable bonds is 9. The van der Waals surface area contributed by atoms with Crippen molar-refractivity contribution in [3.05, 3.63) is 0 Å². The van der Waals surface area contributed by atoms with Gasteiger partial charge in [0.2, 0.25) is 0 Å². The first kappa shape index (κ1) is 16.8. The summed E-state index contributed by atoms with van der Waals surface area (Å²) in [5.74, 6) is 0.547. The molecule has 1 saturated carbocycles. The molecule has 0 heterocycles. The fourth-order valence-electron chi connectivity index (χ4n) is 2.30. The average Bonchev–Trinajstić information content (AvgIpc) is 2.29. The highest BCUT2D eigenvalue weighted by Crippen LogP contribution is 2.42. The van der Waals surface area contributed by atoms with Gasteiger partial charge >= 0.3 is 0 Å². The maximum absolute atomic E-state index is 11.9. The van der Waals surface area contributed by atoms with E-state index in [0.29, 0.717) is 25.1 Å². The first-order valence-electron chi connectivity index (χ1n) is 7.05. The van der Waals surface area contributed by atoms with Crippen LogP contribution in [0.25, 0.3) is 0 Å². The predicted octanol–water partition coefficient (Wildman–Crippen LogP) is 2.70. The van der Waals surface area contributed by atoms with Gasteiger partial charge in [-0.1, -0.05) is 27.7 Å². The number of nitrogens with one attached hydrogen (secondary N) is 1. The number of alkyl halides is 2. The van der Waals surface area contributed by atoms with E-state index >= 15 is 0 Å². The minimum Gasteiger partial charge on any atom is -0.377 e. The molecular weight excluding hydrogens is 252 g/mol. The summed E-state index contributed by atoms with van der Waals surface area (Å²) in [4.78, 5) is 0. The smallest absolute Gasteiger partial charge is 0.261 e. The van der Waals surface area contributed by atoms with Gasteiger partial charge in [-0.3, -0.25) is 0 Å². The Kier molecular flexibility index (Phi) is 6.63. The van der Waals surface area contributed by atoms with Crippen LogP contribution in [0.15, 0.2) is 0 Å². The summed E-state index contributed by atoms with van der Waals surface area (Å²) >= 11 is 0. The molecule has 2 unspecified atom stereocenters. The van der Waals surface area contributed by atoms with E-state index in [1.54, 1.807) is 0 Å². The van der Waals surface area contributed by atoms with E-state index in [4.69, 9.17) is 9.47 Å². The molecule has 0 amide bonds. The number of hydrogen-bond donors (Lipinski definition) is 1. The van der Waals surface area contributed by atoms with Crippen molar-refractivity contribution in [2.75, 3.05) is 26.4 Å². The zero-order valence-electron chi connectivity index (χ0n) is 12.4. The molecule has 2 atom stereocenters. The Labute approximate surface area is 115 Å². The van der Waals surface area contributed by atoms with E-state index < -0.39 is 13.0 Å². The Bertz CT molecular complexity index is 260. The van der Waals surface area contributed by atoms with Crippen molar-refractivity contribution in [2.24, 2.45) is 11.3 Å². The topological polar surface area (TPSA) is 30.5 Å². The van der Waals surface area contributed by atoms with Crippen molar-refractivity contribution in [3.8, 4) is 0 Å². The quantitative estimate of drug-likeness (QED) is 0.658. The van der Waals surface area contributed by atoms with Crippen LogP contribution < -0.4 is 5.32 Å². The lowest BCUT2D eigenvalue weighted by molar-refractivity contribution is -0.124. The summed E-state index contributed by atoms with van der Waals surface area (Å²) < 4.78 is 34.4. The molecule has 3 nitrogen and oxygen atoms in total. The van der Waals surface area contributed by atoms with Gasteiger partial charge in [0.05, 0.1) is 12.7 Å². The van der Waals surface area contributed by atoms with Crippen molar-refractivity contribution >= 4 is 0 Å². The standard InChI is InChI=1S/C14H27F2NO2/c1-10(2)8-19-12-7-11(14(12,3)4)17-5-6-18-9-13(15)16/h10-13,17H,5-9H2,1-4H3. The van der Waals surface area contributed by atoms with Gasteiger partial charge in [0, 0.05) is 24.6 Å². The monoisotopic (exact) mass is 279 g/mol. The van der Waals surface area contributed by atoms with Gasteiger partial charge in [-0.05, 0) is 12.3 Å². The maximum atomic E-state index is 11.9. The largest absolute Gasteiger partial charge is 0.377 e. The highest BCUT2D eigenvalue weighted by molar-refractivity contribution is 5.02. The van der Waals surface area contributed by atoms with Crippen LogP contribution in [0, 0.1) is 11.3 Å². The van der Waals surface area contributed by atoms with Crippen LogP contribution in [-0.2, 0) is 9.47 Å². The van der Waals surface area contributed by atoms with Crippen LogP contribution in [0.2, 0.25) is 0 Å². The molecule has 1 aliphatic carbocycles. The molecule has 1 N–H and O–H groups in total. The number of hydrogen-bond acceptors (Lipinski definition) is 3. The number of ether oxygens (including phenoxy) is 2. The molecule has 5 heteroatoms. The van der Waals surface area contributed by atoms with Gasteiger partial charge in [0.1, 0.15) is 6.61 Å². The Morgan fingerprint density at radius 1 is 1.26 bits per heavy atom. The van der Waals surface area contributed by atoms with Crippen LogP contribution in [0.3, 0.4) is 0 Å². The van der Waals surface area contributed by atoms with Gasteiger partial charge in [-0.15, -0.1) is 0 Å². The van der Waals surface area contributed by atoms with E-state index in [0.717, 1.165) is 13.0 Å². The summed E-state index contributed by atoms with van der Waals surface area (Å²) in [6.07, 6.45) is -1.11. The molecule has 1 aliphatic rings. The molecular formula is C14H27F2NO2. The van der Waals surface area contributed by atoms with Gasteiger partial charge in [-0.25, -0.2) is 8.78 Å². The fourth-order valence-corrected chi connectivity index (χ4v) is 2.30. The van der Waals surface area contributed by atoms with E-state index in [1.807, 2.05) is 0 Å². The van der Waals surface area contributed by atoms with Crippen molar-refractivity contribution in [3.63, 3.8) is 0 Å². The SMILES string of the molecule is CC(C)COC1CC(NCCOCC(F)F)C1(C)C. The summed E-state index contributed by atoms with van der Waals surface area (Å²) in [6, 6.07) is 0.375. The minimum atomic E-state index is -2.38. The Morgan fingerprint density at radius 2 is 1.95 bits per heavy atom. The zero-order valence-corrected chi connectivity index (χ0v) is 12.4. The van der Waals surface area contributed by atoms with E-state index in [2.05, 4.69) is 33.0 Å². The lowest BCUT2D eigenvalue weighted by atomic mass is 9.64. The van der Waals surface area contributed by atoms with Crippen LogP contribution in [-0.4, -0.2) is 44.9 Å². The van der Waals surface area contributed by atoms with Gasteiger partial charge in [0.25, 0.3) is 6.43 Å². The molecule has 1 rings (SSSR count). The van der Waals surface area contributed by atoms with Gasteiger partial charge < -0.3 is 14.8 Å². The summed E-state index contributed by atoms with van der Waals surface area (Å²) in [5, 5.41) is 3.35. The molecule has 1 fully saturated rings. The summed E-state index contributed by atoms with van der Waals surface area (Å²) in [5.41, 5.74) is 0.0948. The van der Waals surface area contributed by atoms with Crippen LogP contribution >= 0.6 is 0 Å². The van der Waals surface area contributed by atoms with Gasteiger partial charge in [0.15, 0.2) is 0 Å². The van der Waals surface area contributed by atoms with Crippen LogP contribution in [0.5, 0.6) is 0 Å². The number of halogens is 2. The fraction of sp³-hybridized carbons (Fsp3) is 1.00. The molecule has 0 aromatic heterocycles. The molecule has 0 saturated heterocycles. The van der Waals surface area contributed by atoms with Crippen molar-refractivity contribution in [1.82, 2.24) is 5.32 Å². The molecule has 0 aromatic rings. The second-order valence-electron chi connectivity index (χ2n) is 6.25. The lowest BCUT2D eigenvalue weighted by Gasteiger charge is -2.52. The first-order chi connectivity index (χ1) is 8.84. The second kappa shape index (κ2) is 7.50. The van der Waals surface area contributed by atoms with Gasteiger partial charge in [-0.2, -0.15) is 0 Å². The summed E-state index contributed by atoms with van der Waals surface area (Å²) in [6.45, 7) is 9.89. The van der Waals surface area contributed by atoms with Crippen LogP contribution in [0.1, 0.15) is 34.1 Å². The highest BCUT2D eigenvalue weighted by Gasteiger charge is 2.48. The first-order valence-corrected chi connectivity index (χ1v) is 7.05. The molecule has 0 aliphatic heterocycles. The van der Waals surface area contributed by atoms with Crippen molar-refractivity contribution in [2.45, 2.75) is 52.7 Å². The molecule has 0 bridgehead atoms. The maximum Gasteiger partial charge on any atom is 0.261 e. The normalized spacial score (nSPS) is 25.9. The Morgan fingerprint density at radius 3 is 2.47 bits per heavy atom. The Hall–Kier alpha value is -0.260. The van der Waals surface area contributed by atoms with E-state index in [1.165, 1.54) is 0 Å². The average molecular weight is 279 g/mol. The third kappa shape index (κ3) is 5.32. The van der Waals surface area contributed by atoms with Crippen LogP contribution in [0.4, 0.5) is 8.78 Å². The minimum absolute atomic E-state index is 0.0948. The summed E-state index contributed by atoms with van der Waals surface area (Å²) in [7, 11) is 0. The second-order valence-corrected chi connectivity index (χ2v) is 6.25. The Balaban J connectivity index is 2.13. The molecule has 19 heavy (non-hydrogen) atoms. The molecule has 0 aromatic carbocycles. The highest BCUT2D eigenvalue weighted by atomic mass is 19.3.